The molecule has 0 atom stereocenters. The number of ether oxygens (including phenoxy) is 1. The minimum absolute atomic E-state index is 0.0530. The number of nitrogens with two attached hydrogens (primary N) is 1. The van der Waals surface area contributed by atoms with Gasteiger partial charge in [0.25, 0.3) is 0 Å². The van der Waals surface area contributed by atoms with Gasteiger partial charge >= 0.3 is 16.2 Å². The van der Waals surface area contributed by atoms with Crippen LogP contribution < -0.4 is 9.92 Å². The normalized spacial score (nSPS) is 11.8. The molecule has 11 heteroatoms. The number of hydrogen-bond acceptors (Lipinski definition) is 6. The largest absolute Gasteiger partial charge is 0.442 e. The SMILES string of the molecule is CC(C)c1nc(COC(N)=O)n(C=Cc2ccccc2)c1S(=O)(=O)Oc1cc(F)cc(F)c1. The van der Waals surface area contributed by atoms with E-state index in [1.807, 2.05) is 6.07 Å². The molecule has 0 bridgehead atoms. The van der Waals surface area contributed by atoms with Gasteiger partial charge in [-0.05, 0) is 17.6 Å². The van der Waals surface area contributed by atoms with Crippen LogP contribution in [0.15, 0.2) is 53.6 Å². The minimum Gasteiger partial charge on any atom is -0.442 e. The molecule has 0 saturated carbocycles. The first-order chi connectivity index (χ1) is 15.6. The van der Waals surface area contributed by atoms with Crippen molar-refractivity contribution in [3.63, 3.8) is 0 Å². The summed E-state index contributed by atoms with van der Waals surface area (Å²) in [6.07, 6.45) is 1.95. The second-order valence-corrected chi connectivity index (χ2v) is 8.68. The van der Waals surface area contributed by atoms with Crippen molar-refractivity contribution in [1.82, 2.24) is 9.55 Å². The average Bonchev–Trinajstić information content (AvgIpc) is 3.10. The molecular formula is C22H21F2N3O5S. The summed E-state index contributed by atoms with van der Waals surface area (Å²) in [4.78, 5) is 15.4. The Labute approximate surface area is 189 Å². The molecule has 3 aromatic rings. The van der Waals surface area contributed by atoms with Gasteiger partial charge in [-0.3, -0.25) is 4.57 Å². The summed E-state index contributed by atoms with van der Waals surface area (Å²) in [5.41, 5.74) is 5.90. The molecule has 2 aromatic carbocycles. The predicted octanol–water partition coefficient (Wildman–Crippen LogP) is 4.28. The van der Waals surface area contributed by atoms with Crippen LogP contribution in [-0.4, -0.2) is 24.1 Å². The maximum absolute atomic E-state index is 13.6. The molecule has 1 aromatic heterocycles. The molecule has 33 heavy (non-hydrogen) atoms. The lowest BCUT2D eigenvalue weighted by molar-refractivity contribution is 0.146. The number of nitrogens with zero attached hydrogens (tertiary/aromatic N) is 2. The number of rotatable bonds is 8. The summed E-state index contributed by atoms with van der Waals surface area (Å²) in [5, 5.41) is -0.377. The zero-order valence-corrected chi connectivity index (χ0v) is 18.6. The highest BCUT2D eigenvalue weighted by Crippen LogP contribution is 2.29. The second kappa shape index (κ2) is 9.82. The maximum atomic E-state index is 13.6. The van der Waals surface area contributed by atoms with Crippen LogP contribution in [0, 0.1) is 11.6 Å². The molecule has 0 aliphatic carbocycles. The first-order valence-electron chi connectivity index (χ1n) is 9.74. The third-order valence-electron chi connectivity index (χ3n) is 4.35. The van der Waals surface area contributed by atoms with Crippen molar-refractivity contribution < 1.29 is 30.9 Å². The van der Waals surface area contributed by atoms with E-state index in [0.29, 0.717) is 6.07 Å². The van der Waals surface area contributed by atoms with Gasteiger partial charge in [0, 0.05) is 24.4 Å². The Hall–Kier alpha value is -3.73. The van der Waals surface area contributed by atoms with Gasteiger partial charge in [0.05, 0.1) is 5.69 Å². The Morgan fingerprint density at radius 1 is 1.15 bits per heavy atom. The van der Waals surface area contributed by atoms with Gasteiger partial charge in [-0.1, -0.05) is 44.2 Å². The number of primary amides is 1. The Morgan fingerprint density at radius 3 is 2.36 bits per heavy atom. The molecule has 1 amide bonds. The van der Waals surface area contributed by atoms with E-state index in [2.05, 4.69) is 4.98 Å². The summed E-state index contributed by atoms with van der Waals surface area (Å²) >= 11 is 0. The third-order valence-corrected chi connectivity index (χ3v) is 5.64. The molecule has 2 N–H and O–H groups in total. The number of hydrogen-bond donors (Lipinski definition) is 1. The second-order valence-electron chi connectivity index (χ2n) is 7.22. The number of carbonyl (C=O) groups excluding carboxylic acids is 1. The van der Waals surface area contributed by atoms with E-state index >= 15 is 0 Å². The van der Waals surface area contributed by atoms with Crippen LogP contribution >= 0.6 is 0 Å². The van der Waals surface area contributed by atoms with E-state index in [0.717, 1.165) is 17.7 Å². The van der Waals surface area contributed by atoms with Gasteiger partial charge in [-0.25, -0.2) is 18.6 Å². The summed E-state index contributed by atoms with van der Waals surface area (Å²) in [5.74, 6) is -2.90. The Bertz CT molecular complexity index is 1270. The monoisotopic (exact) mass is 477 g/mol. The van der Waals surface area contributed by atoms with Gasteiger partial charge in [0.15, 0.2) is 12.4 Å². The van der Waals surface area contributed by atoms with Gasteiger partial charge in [0.2, 0.25) is 5.03 Å². The van der Waals surface area contributed by atoms with Crippen molar-refractivity contribution in [2.75, 3.05) is 0 Å². The lowest BCUT2D eigenvalue weighted by atomic mass is 10.1. The number of imidazole rings is 1. The molecular weight excluding hydrogens is 456 g/mol. The number of benzene rings is 2. The Balaban J connectivity index is 2.15. The Morgan fingerprint density at radius 2 is 1.79 bits per heavy atom. The molecule has 0 aliphatic rings. The lowest BCUT2D eigenvalue weighted by Gasteiger charge is -2.12. The van der Waals surface area contributed by atoms with Crippen molar-refractivity contribution in [3.8, 4) is 5.75 Å². The molecule has 0 fully saturated rings. The molecule has 0 spiro atoms. The first kappa shape index (κ1) is 23.9. The number of amides is 1. The van der Waals surface area contributed by atoms with Gasteiger partial charge in [-0.2, -0.15) is 8.42 Å². The van der Waals surface area contributed by atoms with Crippen LogP contribution in [0.3, 0.4) is 0 Å². The maximum Gasteiger partial charge on any atom is 0.404 e. The standard InChI is InChI=1S/C22H21F2N3O5S/c1-14(2)20-21(33(29,30)32-18-11-16(23)10-17(24)12-18)27(19(26-20)13-31-22(25)28)9-8-15-6-4-3-5-7-15/h3-12,14H,13H2,1-2H3,(H2,25,28). The fourth-order valence-corrected chi connectivity index (χ4v) is 4.34. The van der Waals surface area contributed by atoms with Gasteiger partial charge in [0.1, 0.15) is 17.4 Å². The zero-order valence-electron chi connectivity index (χ0n) is 17.7. The molecule has 174 valence electrons. The number of halogens is 2. The van der Waals surface area contributed by atoms with E-state index in [4.69, 9.17) is 14.7 Å². The summed E-state index contributed by atoms with van der Waals surface area (Å²) in [6, 6.07) is 11.1. The van der Waals surface area contributed by atoms with Crippen LogP contribution in [0.4, 0.5) is 13.6 Å². The van der Waals surface area contributed by atoms with E-state index in [-0.39, 0.29) is 16.5 Å². The van der Waals surface area contributed by atoms with Crippen LogP contribution in [0.2, 0.25) is 0 Å². The van der Waals surface area contributed by atoms with Crippen molar-refractivity contribution >= 4 is 28.5 Å². The molecule has 1 heterocycles. The predicted molar refractivity (Wildman–Crippen MR) is 117 cm³/mol. The third kappa shape index (κ3) is 5.95. The van der Waals surface area contributed by atoms with E-state index < -0.39 is 46.1 Å². The van der Waals surface area contributed by atoms with Crippen molar-refractivity contribution in [2.24, 2.45) is 5.73 Å². The fourth-order valence-electron chi connectivity index (χ4n) is 2.96. The van der Waals surface area contributed by atoms with E-state index in [9.17, 15) is 22.0 Å². The highest BCUT2D eigenvalue weighted by molar-refractivity contribution is 7.87. The van der Waals surface area contributed by atoms with E-state index in [1.165, 1.54) is 10.8 Å². The summed E-state index contributed by atoms with van der Waals surface area (Å²) in [7, 11) is -4.63. The highest BCUT2D eigenvalue weighted by atomic mass is 32.2. The molecule has 0 unspecified atom stereocenters. The smallest absolute Gasteiger partial charge is 0.404 e. The molecule has 3 rings (SSSR count). The number of carbonyl (C=O) groups is 1. The molecule has 0 saturated heterocycles. The van der Waals surface area contributed by atoms with Crippen LogP contribution in [0.25, 0.3) is 12.3 Å². The Kier molecular flexibility index (Phi) is 7.12. The zero-order chi connectivity index (χ0) is 24.2. The highest BCUT2D eigenvalue weighted by Gasteiger charge is 2.31. The van der Waals surface area contributed by atoms with Crippen molar-refractivity contribution in [1.29, 1.82) is 0 Å². The van der Waals surface area contributed by atoms with Crippen LogP contribution in [0.1, 0.15) is 36.8 Å². The minimum atomic E-state index is -4.63. The van der Waals surface area contributed by atoms with Crippen molar-refractivity contribution in [3.05, 3.63) is 77.2 Å². The molecule has 8 nitrogen and oxygen atoms in total. The molecule has 0 aliphatic heterocycles. The van der Waals surface area contributed by atoms with Crippen LogP contribution in [-0.2, 0) is 21.5 Å². The van der Waals surface area contributed by atoms with E-state index in [1.54, 1.807) is 44.2 Å². The summed E-state index contributed by atoms with van der Waals surface area (Å²) in [6.45, 7) is 2.98. The lowest BCUT2D eigenvalue weighted by Crippen LogP contribution is -2.17. The molecule has 0 radical (unpaired) electrons. The number of aromatic nitrogens is 2. The van der Waals surface area contributed by atoms with Crippen LogP contribution in [0.5, 0.6) is 5.75 Å². The first-order valence-corrected chi connectivity index (χ1v) is 11.1. The topological polar surface area (TPSA) is 114 Å². The summed E-state index contributed by atoms with van der Waals surface area (Å²) < 4.78 is 64.7. The quantitative estimate of drug-likeness (QED) is 0.485. The van der Waals surface area contributed by atoms with Crippen molar-refractivity contribution in [2.45, 2.75) is 31.4 Å². The van der Waals surface area contributed by atoms with Gasteiger partial charge in [-0.15, -0.1) is 0 Å². The average molecular weight is 477 g/mol. The fraction of sp³-hybridized carbons (Fsp3) is 0.182. The van der Waals surface area contributed by atoms with Gasteiger partial charge < -0.3 is 14.7 Å².